The maximum atomic E-state index is 6.12. The maximum Gasteiger partial charge on any atom is 0.234 e. The van der Waals surface area contributed by atoms with Crippen LogP contribution in [-0.4, -0.2) is 33.0 Å². The van der Waals surface area contributed by atoms with Crippen molar-refractivity contribution in [2.24, 2.45) is 5.73 Å². The van der Waals surface area contributed by atoms with E-state index in [4.69, 9.17) is 15.6 Å². The average molecular weight is 307 g/mol. The van der Waals surface area contributed by atoms with Crippen LogP contribution >= 0.6 is 11.3 Å². The predicted octanol–water partition coefficient (Wildman–Crippen LogP) is 2.20. The largest absolute Gasteiger partial charge is 0.370 e. The molecule has 2 fully saturated rings. The third-order valence-corrected chi connectivity index (χ3v) is 6.03. The fraction of sp³-hybridized carbons (Fsp3) is 0.786. The van der Waals surface area contributed by atoms with Crippen LogP contribution in [0.4, 0.5) is 0 Å². The molecule has 0 aromatic carbocycles. The molecule has 7 heteroatoms. The lowest BCUT2D eigenvalue weighted by atomic mass is 9.74. The lowest BCUT2D eigenvalue weighted by molar-refractivity contribution is 0.103. The molecule has 1 atom stereocenters. The van der Waals surface area contributed by atoms with Crippen molar-refractivity contribution in [2.45, 2.75) is 56.5 Å². The first-order valence-electron chi connectivity index (χ1n) is 7.87. The van der Waals surface area contributed by atoms with Gasteiger partial charge in [-0.2, -0.15) is 9.61 Å². The number of aromatic nitrogens is 4. The van der Waals surface area contributed by atoms with E-state index >= 15 is 0 Å². The summed E-state index contributed by atoms with van der Waals surface area (Å²) in [6.07, 6.45) is 8.24. The number of hydrogen-bond acceptors (Lipinski definition) is 6. The third kappa shape index (κ3) is 2.18. The molecule has 1 unspecified atom stereocenters. The zero-order chi connectivity index (χ0) is 14.3. The highest BCUT2D eigenvalue weighted by atomic mass is 32.1. The Labute approximate surface area is 127 Å². The molecule has 2 N–H and O–H groups in total. The molecule has 0 amide bonds. The third-order valence-electron chi connectivity index (χ3n) is 4.89. The number of nitrogens with zero attached hydrogens (tertiary/aromatic N) is 4. The fourth-order valence-electron chi connectivity index (χ4n) is 3.56. The van der Waals surface area contributed by atoms with Gasteiger partial charge in [-0.3, -0.25) is 0 Å². The number of fused-ring (bicyclic) bond motifs is 1. The summed E-state index contributed by atoms with van der Waals surface area (Å²) in [4.78, 5) is 0.869. The van der Waals surface area contributed by atoms with E-state index in [-0.39, 0.29) is 11.5 Å². The molecular formula is C14H21N5OS. The standard InChI is InChI=1S/C14H21N5OS/c15-9-14(6-2-1-3-7-14)12-18-19-11(10-5-4-8-20-10)16-17-13(19)21-12/h10H,1-9,15H2. The molecule has 2 aliphatic rings. The summed E-state index contributed by atoms with van der Waals surface area (Å²) in [5.74, 6) is 0.855. The maximum absolute atomic E-state index is 6.12. The molecule has 1 saturated carbocycles. The Morgan fingerprint density at radius 3 is 2.81 bits per heavy atom. The van der Waals surface area contributed by atoms with Gasteiger partial charge in [0.2, 0.25) is 4.96 Å². The van der Waals surface area contributed by atoms with Crippen molar-refractivity contribution in [3.05, 3.63) is 10.8 Å². The summed E-state index contributed by atoms with van der Waals surface area (Å²) in [6, 6.07) is 0. The van der Waals surface area contributed by atoms with Crippen molar-refractivity contribution in [3.8, 4) is 0 Å². The number of ether oxygens (including phenoxy) is 1. The molecule has 3 heterocycles. The topological polar surface area (TPSA) is 78.3 Å². The van der Waals surface area contributed by atoms with Gasteiger partial charge in [0.1, 0.15) is 11.1 Å². The fourth-order valence-corrected chi connectivity index (χ4v) is 4.66. The highest BCUT2D eigenvalue weighted by Crippen LogP contribution is 2.40. The quantitative estimate of drug-likeness (QED) is 0.940. The van der Waals surface area contributed by atoms with Crippen LogP contribution in [0.3, 0.4) is 0 Å². The van der Waals surface area contributed by atoms with Gasteiger partial charge in [-0.15, -0.1) is 10.2 Å². The molecule has 0 bridgehead atoms. The van der Waals surface area contributed by atoms with Gasteiger partial charge in [0.15, 0.2) is 5.82 Å². The second-order valence-corrected chi connectivity index (χ2v) is 7.16. The summed E-state index contributed by atoms with van der Waals surface area (Å²) in [7, 11) is 0. The molecule has 1 saturated heterocycles. The van der Waals surface area contributed by atoms with Crippen LogP contribution in [0.2, 0.25) is 0 Å². The van der Waals surface area contributed by atoms with Crippen LogP contribution in [0.1, 0.15) is 61.9 Å². The molecule has 0 radical (unpaired) electrons. The Balaban J connectivity index is 1.73. The molecule has 21 heavy (non-hydrogen) atoms. The minimum absolute atomic E-state index is 0.0510. The van der Waals surface area contributed by atoms with Crippen LogP contribution in [0, 0.1) is 0 Å². The molecule has 2 aromatic heterocycles. The Bertz CT molecular complexity index is 624. The molecular weight excluding hydrogens is 286 g/mol. The van der Waals surface area contributed by atoms with E-state index in [1.165, 1.54) is 19.3 Å². The molecule has 2 aromatic rings. The number of hydrogen-bond donors (Lipinski definition) is 1. The second kappa shape index (κ2) is 5.30. The number of rotatable bonds is 3. The van der Waals surface area contributed by atoms with Crippen molar-refractivity contribution in [2.75, 3.05) is 13.2 Å². The minimum Gasteiger partial charge on any atom is -0.370 e. The van der Waals surface area contributed by atoms with Crippen LogP contribution in [-0.2, 0) is 10.2 Å². The van der Waals surface area contributed by atoms with Crippen LogP contribution < -0.4 is 5.73 Å². The highest BCUT2D eigenvalue weighted by Gasteiger charge is 2.37. The Morgan fingerprint density at radius 1 is 1.24 bits per heavy atom. The zero-order valence-electron chi connectivity index (χ0n) is 12.1. The average Bonchev–Trinajstić information content (AvgIpc) is 3.23. The minimum atomic E-state index is 0.0510. The van der Waals surface area contributed by atoms with Crippen molar-refractivity contribution in [1.82, 2.24) is 19.8 Å². The molecule has 4 rings (SSSR count). The van der Waals surface area contributed by atoms with E-state index < -0.39 is 0 Å². The normalized spacial score (nSPS) is 25.7. The van der Waals surface area contributed by atoms with Gasteiger partial charge in [-0.25, -0.2) is 0 Å². The van der Waals surface area contributed by atoms with E-state index in [2.05, 4.69) is 10.2 Å². The first-order chi connectivity index (χ1) is 10.3. The van der Waals surface area contributed by atoms with Gasteiger partial charge in [-0.05, 0) is 25.7 Å². The Morgan fingerprint density at radius 2 is 2.10 bits per heavy atom. The zero-order valence-corrected chi connectivity index (χ0v) is 12.9. The summed E-state index contributed by atoms with van der Waals surface area (Å²) in [5.41, 5.74) is 6.17. The molecule has 0 spiro atoms. The van der Waals surface area contributed by atoms with Crippen molar-refractivity contribution < 1.29 is 4.74 Å². The first-order valence-corrected chi connectivity index (χ1v) is 8.68. The van der Waals surface area contributed by atoms with Crippen LogP contribution in [0.5, 0.6) is 0 Å². The van der Waals surface area contributed by atoms with Crippen molar-refractivity contribution in [3.63, 3.8) is 0 Å². The van der Waals surface area contributed by atoms with E-state index in [9.17, 15) is 0 Å². The summed E-state index contributed by atoms with van der Waals surface area (Å²) < 4.78 is 7.62. The van der Waals surface area contributed by atoms with Crippen LogP contribution in [0.15, 0.2) is 0 Å². The SMILES string of the molecule is NCC1(c2nn3c(C4CCCO4)nnc3s2)CCCCC1. The van der Waals surface area contributed by atoms with Gasteiger partial charge >= 0.3 is 0 Å². The monoisotopic (exact) mass is 307 g/mol. The van der Waals surface area contributed by atoms with Gasteiger partial charge < -0.3 is 10.5 Å². The van der Waals surface area contributed by atoms with Gasteiger partial charge in [0.25, 0.3) is 0 Å². The van der Waals surface area contributed by atoms with Gasteiger partial charge in [0, 0.05) is 18.6 Å². The molecule has 1 aliphatic carbocycles. The molecule has 1 aliphatic heterocycles. The van der Waals surface area contributed by atoms with Crippen LogP contribution in [0.25, 0.3) is 4.96 Å². The molecule has 6 nitrogen and oxygen atoms in total. The van der Waals surface area contributed by atoms with Crippen molar-refractivity contribution >= 4 is 16.3 Å². The Hall–Kier alpha value is -1.05. The summed E-state index contributed by atoms with van der Waals surface area (Å²) in [5, 5.41) is 14.5. The summed E-state index contributed by atoms with van der Waals surface area (Å²) in [6.45, 7) is 1.48. The molecule has 114 valence electrons. The van der Waals surface area contributed by atoms with Crippen molar-refractivity contribution in [1.29, 1.82) is 0 Å². The van der Waals surface area contributed by atoms with E-state index in [1.54, 1.807) is 11.3 Å². The number of nitrogens with two attached hydrogens (primary N) is 1. The second-order valence-electron chi connectivity index (χ2n) is 6.21. The Kier molecular flexibility index (Phi) is 3.43. The van der Waals surface area contributed by atoms with E-state index in [1.807, 2.05) is 4.52 Å². The first kappa shape index (κ1) is 13.6. The predicted molar refractivity (Wildman–Crippen MR) is 80.4 cm³/mol. The lowest BCUT2D eigenvalue weighted by Gasteiger charge is -2.33. The highest BCUT2D eigenvalue weighted by molar-refractivity contribution is 7.16. The lowest BCUT2D eigenvalue weighted by Crippen LogP contribution is -2.37. The van der Waals surface area contributed by atoms with Gasteiger partial charge in [0.05, 0.1) is 0 Å². The van der Waals surface area contributed by atoms with Gasteiger partial charge in [-0.1, -0.05) is 30.6 Å². The summed E-state index contributed by atoms with van der Waals surface area (Å²) >= 11 is 1.65. The van der Waals surface area contributed by atoms with E-state index in [0.717, 1.165) is 48.1 Å². The smallest absolute Gasteiger partial charge is 0.234 e. The van der Waals surface area contributed by atoms with E-state index in [0.29, 0.717) is 6.54 Å².